The molecule has 0 spiro atoms. The van der Waals surface area contributed by atoms with Crippen molar-refractivity contribution in [3.05, 3.63) is 56.2 Å². The van der Waals surface area contributed by atoms with Crippen molar-refractivity contribution in [2.24, 2.45) is 0 Å². The second-order valence-electron chi connectivity index (χ2n) is 7.78. The van der Waals surface area contributed by atoms with Crippen LogP contribution in [-0.2, 0) is 24.2 Å². The average molecular weight is 403 g/mol. The Bertz CT molecular complexity index is 810. The molecule has 0 atom stereocenters. The van der Waals surface area contributed by atoms with E-state index in [1.165, 1.54) is 24.1 Å². The SMILES string of the molecule is Cc1cc(CCC(=O)N2CCC(N3CCc4sccc4C3)CC2)ccc1Cl. The third-order valence-corrected chi connectivity index (χ3v) is 7.47. The standard InChI is InChI=1S/C22H27ClN2OS/c1-16-14-17(2-4-20(16)23)3-5-22(26)24-10-6-19(7-11-24)25-12-8-21-18(15-25)9-13-27-21/h2,4,9,13-14,19H,3,5-8,10-12,15H2,1H3. The summed E-state index contributed by atoms with van der Waals surface area (Å²) >= 11 is 7.98. The Morgan fingerprint density at radius 1 is 1.22 bits per heavy atom. The fraction of sp³-hybridized carbons (Fsp3) is 0.500. The number of benzene rings is 1. The van der Waals surface area contributed by atoms with Crippen LogP contribution < -0.4 is 0 Å². The Balaban J connectivity index is 1.25. The predicted octanol–water partition coefficient (Wildman–Crippen LogP) is 4.69. The molecule has 0 aliphatic carbocycles. The molecule has 3 heterocycles. The summed E-state index contributed by atoms with van der Waals surface area (Å²) in [5, 5.41) is 3.01. The molecular weight excluding hydrogens is 376 g/mol. The van der Waals surface area contributed by atoms with Crippen LogP contribution in [0.25, 0.3) is 0 Å². The number of carbonyl (C=O) groups is 1. The van der Waals surface area contributed by atoms with Crippen molar-refractivity contribution in [1.82, 2.24) is 9.80 Å². The highest BCUT2D eigenvalue weighted by molar-refractivity contribution is 7.10. The van der Waals surface area contributed by atoms with Crippen LogP contribution in [-0.4, -0.2) is 41.4 Å². The molecule has 1 aromatic heterocycles. The number of hydrogen-bond donors (Lipinski definition) is 0. The number of fused-ring (bicyclic) bond motifs is 1. The molecule has 1 amide bonds. The van der Waals surface area contributed by atoms with Crippen LogP contribution in [0.5, 0.6) is 0 Å². The van der Waals surface area contributed by atoms with Crippen molar-refractivity contribution in [3.8, 4) is 0 Å². The molecule has 2 aliphatic rings. The van der Waals surface area contributed by atoms with E-state index < -0.39 is 0 Å². The molecule has 5 heteroatoms. The van der Waals surface area contributed by atoms with Gasteiger partial charge in [0.2, 0.25) is 5.91 Å². The van der Waals surface area contributed by atoms with Gasteiger partial charge in [0.1, 0.15) is 0 Å². The minimum Gasteiger partial charge on any atom is -0.343 e. The van der Waals surface area contributed by atoms with Gasteiger partial charge in [0.05, 0.1) is 0 Å². The van der Waals surface area contributed by atoms with Gasteiger partial charge in [-0.15, -0.1) is 11.3 Å². The molecule has 3 nitrogen and oxygen atoms in total. The molecule has 0 unspecified atom stereocenters. The number of amides is 1. The van der Waals surface area contributed by atoms with E-state index in [0.717, 1.165) is 49.5 Å². The summed E-state index contributed by atoms with van der Waals surface area (Å²) < 4.78 is 0. The van der Waals surface area contributed by atoms with Gasteiger partial charge in [-0.1, -0.05) is 23.7 Å². The monoisotopic (exact) mass is 402 g/mol. The van der Waals surface area contributed by atoms with Crippen LogP contribution in [0.2, 0.25) is 5.02 Å². The predicted molar refractivity (Wildman–Crippen MR) is 113 cm³/mol. The highest BCUT2D eigenvalue weighted by Crippen LogP contribution is 2.28. The highest BCUT2D eigenvalue weighted by Gasteiger charge is 2.29. The van der Waals surface area contributed by atoms with Crippen molar-refractivity contribution in [1.29, 1.82) is 0 Å². The van der Waals surface area contributed by atoms with E-state index in [9.17, 15) is 4.79 Å². The number of aryl methyl sites for hydroxylation is 2. The van der Waals surface area contributed by atoms with Crippen molar-refractivity contribution in [3.63, 3.8) is 0 Å². The molecule has 2 aromatic rings. The van der Waals surface area contributed by atoms with Crippen molar-refractivity contribution < 1.29 is 4.79 Å². The summed E-state index contributed by atoms with van der Waals surface area (Å²) in [6.45, 7) is 6.07. The third kappa shape index (κ3) is 4.39. The molecule has 144 valence electrons. The summed E-state index contributed by atoms with van der Waals surface area (Å²) in [5.74, 6) is 0.291. The lowest BCUT2D eigenvalue weighted by Crippen LogP contribution is -2.47. The van der Waals surface area contributed by atoms with Crippen LogP contribution >= 0.6 is 22.9 Å². The molecule has 0 N–H and O–H groups in total. The molecule has 1 fully saturated rings. The maximum absolute atomic E-state index is 12.6. The maximum Gasteiger partial charge on any atom is 0.222 e. The van der Waals surface area contributed by atoms with E-state index in [2.05, 4.69) is 27.3 Å². The van der Waals surface area contributed by atoms with Gasteiger partial charge in [-0.2, -0.15) is 0 Å². The van der Waals surface area contributed by atoms with Gasteiger partial charge in [0.25, 0.3) is 0 Å². The smallest absolute Gasteiger partial charge is 0.222 e. The summed E-state index contributed by atoms with van der Waals surface area (Å²) in [6, 6.07) is 8.96. The quantitative estimate of drug-likeness (QED) is 0.740. The number of nitrogens with zero attached hydrogens (tertiary/aromatic N) is 2. The normalized spacial score (nSPS) is 18.5. The second-order valence-corrected chi connectivity index (χ2v) is 9.19. The van der Waals surface area contributed by atoms with Gasteiger partial charge >= 0.3 is 0 Å². The van der Waals surface area contributed by atoms with E-state index in [-0.39, 0.29) is 0 Å². The van der Waals surface area contributed by atoms with Gasteiger partial charge in [-0.25, -0.2) is 0 Å². The average Bonchev–Trinajstić information content (AvgIpc) is 3.16. The van der Waals surface area contributed by atoms with E-state index >= 15 is 0 Å². The van der Waals surface area contributed by atoms with Crippen LogP contribution in [0.15, 0.2) is 29.6 Å². The van der Waals surface area contributed by atoms with Gasteiger partial charge in [-0.3, -0.25) is 9.69 Å². The first kappa shape index (κ1) is 19.0. The van der Waals surface area contributed by atoms with E-state index in [4.69, 9.17) is 11.6 Å². The molecule has 0 bridgehead atoms. The van der Waals surface area contributed by atoms with E-state index in [0.29, 0.717) is 18.4 Å². The second kappa shape index (κ2) is 8.34. The lowest BCUT2D eigenvalue weighted by molar-refractivity contribution is -0.132. The number of hydrogen-bond acceptors (Lipinski definition) is 3. The minimum atomic E-state index is 0.291. The topological polar surface area (TPSA) is 23.6 Å². The molecule has 1 aromatic carbocycles. The summed E-state index contributed by atoms with van der Waals surface area (Å²) in [6.07, 6.45) is 4.78. The van der Waals surface area contributed by atoms with Crippen molar-refractivity contribution in [2.75, 3.05) is 19.6 Å². The first-order chi connectivity index (χ1) is 13.1. The van der Waals surface area contributed by atoms with E-state index in [1.807, 2.05) is 30.4 Å². The van der Waals surface area contributed by atoms with Gasteiger partial charge < -0.3 is 4.90 Å². The Morgan fingerprint density at radius 2 is 2.04 bits per heavy atom. The Labute approximate surface area is 170 Å². The Hall–Kier alpha value is -1.36. The first-order valence-electron chi connectivity index (χ1n) is 9.92. The van der Waals surface area contributed by atoms with Crippen LogP contribution in [0.3, 0.4) is 0 Å². The lowest BCUT2D eigenvalue weighted by Gasteiger charge is -2.40. The molecular formula is C22H27ClN2OS. The zero-order valence-electron chi connectivity index (χ0n) is 15.9. The zero-order chi connectivity index (χ0) is 18.8. The molecule has 27 heavy (non-hydrogen) atoms. The van der Waals surface area contributed by atoms with Crippen LogP contribution in [0.4, 0.5) is 0 Å². The number of thiophene rings is 1. The summed E-state index contributed by atoms with van der Waals surface area (Å²) in [5.41, 5.74) is 3.79. The summed E-state index contributed by atoms with van der Waals surface area (Å²) in [7, 11) is 0. The fourth-order valence-electron chi connectivity index (χ4n) is 4.33. The van der Waals surface area contributed by atoms with Crippen LogP contribution in [0, 0.1) is 6.92 Å². The van der Waals surface area contributed by atoms with Gasteiger partial charge in [0.15, 0.2) is 0 Å². The van der Waals surface area contributed by atoms with Crippen molar-refractivity contribution in [2.45, 2.75) is 51.6 Å². The minimum absolute atomic E-state index is 0.291. The van der Waals surface area contributed by atoms with E-state index in [1.54, 1.807) is 4.88 Å². The van der Waals surface area contributed by atoms with Gasteiger partial charge in [0, 0.05) is 48.5 Å². The number of halogens is 1. The molecule has 2 aliphatic heterocycles. The van der Waals surface area contributed by atoms with Gasteiger partial charge in [-0.05, 0) is 66.8 Å². The first-order valence-corrected chi connectivity index (χ1v) is 11.2. The molecule has 4 rings (SSSR count). The number of rotatable bonds is 4. The van der Waals surface area contributed by atoms with Crippen LogP contribution in [0.1, 0.15) is 40.8 Å². The Morgan fingerprint density at radius 3 is 2.81 bits per heavy atom. The summed E-state index contributed by atoms with van der Waals surface area (Å²) in [4.78, 5) is 18.9. The largest absolute Gasteiger partial charge is 0.343 e. The molecule has 0 radical (unpaired) electrons. The molecule has 0 saturated carbocycles. The highest BCUT2D eigenvalue weighted by atomic mass is 35.5. The van der Waals surface area contributed by atoms with Crippen molar-refractivity contribution >= 4 is 28.8 Å². The number of piperidine rings is 1. The Kier molecular flexibility index (Phi) is 5.86. The molecule has 1 saturated heterocycles. The third-order valence-electron chi connectivity index (χ3n) is 6.02. The number of likely N-dealkylation sites (tertiary alicyclic amines) is 1. The maximum atomic E-state index is 12.6. The zero-order valence-corrected chi connectivity index (χ0v) is 17.5. The lowest BCUT2D eigenvalue weighted by atomic mass is 9.99. The fourth-order valence-corrected chi connectivity index (χ4v) is 5.34. The number of carbonyl (C=O) groups excluding carboxylic acids is 1.